The molecular formula is C18H12BrFN2O3S. The van der Waals surface area contributed by atoms with Gasteiger partial charge in [0.05, 0.1) is 4.91 Å². The summed E-state index contributed by atoms with van der Waals surface area (Å²) in [6.07, 6.45) is 1.43. The number of carbonyl (C=O) groups is 3. The molecule has 0 aromatic heterocycles. The van der Waals surface area contributed by atoms with Gasteiger partial charge in [-0.15, -0.1) is 0 Å². The highest BCUT2D eigenvalue weighted by molar-refractivity contribution is 9.10. The van der Waals surface area contributed by atoms with E-state index in [0.29, 0.717) is 11.3 Å². The van der Waals surface area contributed by atoms with Gasteiger partial charge >= 0.3 is 0 Å². The predicted molar refractivity (Wildman–Crippen MR) is 102 cm³/mol. The molecule has 0 saturated carbocycles. The maximum absolute atomic E-state index is 13.2. The lowest BCUT2D eigenvalue weighted by Gasteiger charge is -2.12. The maximum Gasteiger partial charge on any atom is 0.294 e. The molecule has 1 fully saturated rings. The third-order valence-corrected chi connectivity index (χ3v) is 4.89. The highest BCUT2D eigenvalue weighted by Crippen LogP contribution is 2.32. The van der Waals surface area contributed by atoms with Gasteiger partial charge in [0.1, 0.15) is 12.4 Å². The van der Waals surface area contributed by atoms with Crippen molar-refractivity contribution in [3.63, 3.8) is 0 Å². The molecule has 3 rings (SSSR count). The second kappa shape index (κ2) is 7.84. The van der Waals surface area contributed by atoms with Crippen molar-refractivity contribution >= 4 is 56.5 Å². The van der Waals surface area contributed by atoms with Crippen molar-refractivity contribution in [1.29, 1.82) is 0 Å². The molecule has 0 aliphatic carbocycles. The van der Waals surface area contributed by atoms with Gasteiger partial charge in [-0.25, -0.2) is 4.39 Å². The first-order valence-corrected chi connectivity index (χ1v) is 9.10. The Morgan fingerprint density at radius 1 is 1.19 bits per heavy atom. The Morgan fingerprint density at radius 2 is 1.92 bits per heavy atom. The summed E-state index contributed by atoms with van der Waals surface area (Å²) in [6, 6.07) is 12.6. The van der Waals surface area contributed by atoms with E-state index in [1.54, 1.807) is 30.3 Å². The minimum atomic E-state index is -0.574. The minimum absolute atomic E-state index is 0.150. The van der Waals surface area contributed by atoms with E-state index in [0.717, 1.165) is 21.1 Å². The van der Waals surface area contributed by atoms with E-state index in [9.17, 15) is 18.8 Å². The number of carbonyl (C=O) groups excluding carboxylic acids is 3. The summed E-state index contributed by atoms with van der Waals surface area (Å²) in [7, 11) is 0. The van der Waals surface area contributed by atoms with Crippen LogP contribution < -0.4 is 5.32 Å². The van der Waals surface area contributed by atoms with E-state index >= 15 is 0 Å². The van der Waals surface area contributed by atoms with Crippen LogP contribution in [0.5, 0.6) is 0 Å². The SMILES string of the molecule is O=C(CN1C(=O)S/C(=C/c2cccc(F)c2)C1=O)Nc1ccc(Br)cc1. The zero-order valence-corrected chi connectivity index (χ0v) is 15.6. The van der Waals surface area contributed by atoms with Crippen LogP contribution in [0.1, 0.15) is 5.56 Å². The molecule has 8 heteroatoms. The lowest BCUT2D eigenvalue weighted by Crippen LogP contribution is -2.36. The Morgan fingerprint density at radius 3 is 2.62 bits per heavy atom. The second-order valence-corrected chi connectivity index (χ2v) is 7.29. The van der Waals surface area contributed by atoms with Gasteiger partial charge in [0.15, 0.2) is 0 Å². The van der Waals surface area contributed by atoms with E-state index in [4.69, 9.17) is 0 Å². The number of rotatable bonds is 4. The summed E-state index contributed by atoms with van der Waals surface area (Å²) in [5.41, 5.74) is 1.02. The van der Waals surface area contributed by atoms with Crippen LogP contribution >= 0.6 is 27.7 Å². The molecule has 1 N–H and O–H groups in total. The summed E-state index contributed by atoms with van der Waals surface area (Å²) in [6.45, 7) is -0.388. The predicted octanol–water partition coefficient (Wildman–Crippen LogP) is 4.26. The van der Waals surface area contributed by atoms with Crippen molar-refractivity contribution in [2.24, 2.45) is 0 Å². The molecule has 132 valence electrons. The summed E-state index contributed by atoms with van der Waals surface area (Å²) >= 11 is 4.02. The molecule has 0 radical (unpaired) electrons. The van der Waals surface area contributed by atoms with E-state index in [2.05, 4.69) is 21.2 Å². The quantitative estimate of drug-likeness (QED) is 0.729. The average Bonchev–Trinajstić information content (AvgIpc) is 2.84. The largest absolute Gasteiger partial charge is 0.325 e. The topological polar surface area (TPSA) is 66.5 Å². The second-order valence-electron chi connectivity index (χ2n) is 5.38. The number of nitrogens with zero attached hydrogens (tertiary/aromatic N) is 1. The highest BCUT2D eigenvalue weighted by Gasteiger charge is 2.36. The minimum Gasteiger partial charge on any atom is -0.325 e. The van der Waals surface area contributed by atoms with Gasteiger partial charge in [-0.3, -0.25) is 19.3 Å². The number of nitrogens with one attached hydrogen (secondary N) is 1. The fourth-order valence-corrected chi connectivity index (χ4v) is 3.36. The molecule has 0 unspecified atom stereocenters. The number of benzene rings is 2. The maximum atomic E-state index is 13.2. The van der Waals surface area contributed by atoms with Crippen LogP contribution in [0.25, 0.3) is 6.08 Å². The normalized spacial score (nSPS) is 15.6. The van der Waals surface area contributed by atoms with Crippen molar-refractivity contribution in [2.45, 2.75) is 0 Å². The number of anilines is 1. The fourth-order valence-electron chi connectivity index (χ4n) is 2.26. The molecule has 26 heavy (non-hydrogen) atoms. The molecule has 0 spiro atoms. The molecule has 3 amide bonds. The molecule has 0 atom stereocenters. The van der Waals surface area contributed by atoms with Gasteiger partial charge in [0, 0.05) is 10.2 Å². The van der Waals surface area contributed by atoms with E-state index in [1.165, 1.54) is 24.3 Å². The number of hydrogen-bond acceptors (Lipinski definition) is 4. The van der Waals surface area contributed by atoms with Gasteiger partial charge in [0.2, 0.25) is 5.91 Å². The van der Waals surface area contributed by atoms with Crippen molar-refractivity contribution in [3.8, 4) is 0 Å². The van der Waals surface area contributed by atoms with Crippen LogP contribution in [-0.4, -0.2) is 28.5 Å². The zero-order chi connectivity index (χ0) is 18.7. The molecular weight excluding hydrogens is 423 g/mol. The van der Waals surface area contributed by atoms with Gasteiger partial charge < -0.3 is 5.32 Å². The number of thioether (sulfide) groups is 1. The van der Waals surface area contributed by atoms with E-state index in [-0.39, 0.29) is 11.4 Å². The van der Waals surface area contributed by atoms with Crippen LogP contribution in [0.4, 0.5) is 14.9 Å². The smallest absolute Gasteiger partial charge is 0.294 e. The monoisotopic (exact) mass is 434 g/mol. The summed E-state index contributed by atoms with van der Waals surface area (Å²) in [4.78, 5) is 37.5. The van der Waals surface area contributed by atoms with Crippen molar-refractivity contribution < 1.29 is 18.8 Å². The number of amides is 3. The Bertz CT molecular complexity index is 915. The van der Waals surface area contributed by atoms with Crippen LogP contribution in [0, 0.1) is 5.82 Å². The van der Waals surface area contributed by atoms with Crippen LogP contribution in [0.3, 0.4) is 0 Å². The van der Waals surface area contributed by atoms with Crippen molar-refractivity contribution in [3.05, 3.63) is 69.3 Å². The molecule has 2 aromatic carbocycles. The third kappa shape index (κ3) is 4.39. The first-order valence-electron chi connectivity index (χ1n) is 7.49. The Labute approximate surface area is 161 Å². The lowest BCUT2D eigenvalue weighted by molar-refractivity contribution is -0.127. The Balaban J connectivity index is 1.69. The lowest BCUT2D eigenvalue weighted by atomic mass is 10.2. The first-order chi connectivity index (χ1) is 12.4. The molecule has 1 aliphatic heterocycles. The summed E-state index contributed by atoms with van der Waals surface area (Å²) in [5.74, 6) is -1.50. The average molecular weight is 435 g/mol. The molecule has 2 aromatic rings. The number of hydrogen-bond donors (Lipinski definition) is 1. The summed E-state index contributed by atoms with van der Waals surface area (Å²) in [5, 5.41) is 2.09. The van der Waals surface area contributed by atoms with Crippen LogP contribution in [0.15, 0.2) is 57.9 Å². The van der Waals surface area contributed by atoms with Gasteiger partial charge in [0.25, 0.3) is 11.1 Å². The van der Waals surface area contributed by atoms with Gasteiger partial charge in [-0.1, -0.05) is 28.1 Å². The first kappa shape index (κ1) is 18.3. The third-order valence-electron chi connectivity index (χ3n) is 3.45. The molecule has 5 nitrogen and oxygen atoms in total. The highest BCUT2D eigenvalue weighted by atomic mass is 79.9. The van der Waals surface area contributed by atoms with Gasteiger partial charge in [-0.2, -0.15) is 0 Å². The molecule has 0 bridgehead atoms. The molecule has 1 saturated heterocycles. The Hall–Kier alpha value is -2.45. The number of halogens is 2. The van der Waals surface area contributed by atoms with Crippen molar-refractivity contribution in [1.82, 2.24) is 4.90 Å². The van der Waals surface area contributed by atoms with Gasteiger partial charge in [-0.05, 0) is 59.8 Å². The van der Waals surface area contributed by atoms with E-state index in [1.807, 2.05) is 0 Å². The fraction of sp³-hybridized carbons (Fsp3) is 0.0556. The number of imide groups is 1. The Kier molecular flexibility index (Phi) is 5.53. The molecule has 1 aliphatic rings. The standard InChI is InChI=1S/C18H12BrFN2O3S/c19-12-4-6-14(7-5-12)21-16(23)10-22-17(24)15(26-18(22)25)9-11-2-1-3-13(20)8-11/h1-9H,10H2,(H,21,23)/b15-9+. The molecule has 1 heterocycles. The van der Waals surface area contributed by atoms with Crippen LogP contribution in [-0.2, 0) is 9.59 Å². The summed E-state index contributed by atoms with van der Waals surface area (Å²) < 4.78 is 14.1. The van der Waals surface area contributed by atoms with Crippen molar-refractivity contribution in [2.75, 3.05) is 11.9 Å². The van der Waals surface area contributed by atoms with E-state index < -0.39 is 22.9 Å². The zero-order valence-electron chi connectivity index (χ0n) is 13.2. The van der Waals surface area contributed by atoms with Crippen LogP contribution in [0.2, 0.25) is 0 Å².